The quantitative estimate of drug-likeness (QED) is 0.580. The van der Waals surface area contributed by atoms with E-state index in [9.17, 15) is 10.1 Å². The second kappa shape index (κ2) is 7.49. The molecule has 106 valence electrons. The molecule has 1 rings (SSSR count). The van der Waals surface area contributed by atoms with Crippen LogP contribution in [0, 0.1) is 17.2 Å². The molecule has 0 fully saturated rings. The van der Waals surface area contributed by atoms with Gasteiger partial charge < -0.3 is 4.74 Å². The van der Waals surface area contributed by atoms with E-state index in [0.717, 1.165) is 12.0 Å². The van der Waals surface area contributed by atoms with E-state index in [1.807, 2.05) is 58.0 Å². The molecule has 0 unspecified atom stereocenters. The summed E-state index contributed by atoms with van der Waals surface area (Å²) in [6, 6.07) is 9.43. The number of nitriles is 1. The van der Waals surface area contributed by atoms with Crippen LogP contribution in [0.1, 0.15) is 39.7 Å². The predicted octanol–water partition coefficient (Wildman–Crippen LogP) is 4.00. The molecule has 0 aliphatic rings. The third-order valence-corrected chi connectivity index (χ3v) is 3.03. The zero-order chi connectivity index (χ0) is 15.1. The lowest BCUT2D eigenvalue weighted by Crippen LogP contribution is -2.12. The Morgan fingerprint density at radius 3 is 2.55 bits per heavy atom. The number of ether oxygens (including phenoxy) is 1. The summed E-state index contributed by atoms with van der Waals surface area (Å²) < 4.78 is 5.69. The molecule has 0 saturated carbocycles. The molecule has 0 aliphatic heterocycles. The van der Waals surface area contributed by atoms with Crippen molar-refractivity contribution in [2.75, 3.05) is 0 Å². The molecule has 0 saturated heterocycles. The molecule has 0 radical (unpaired) electrons. The number of hydrogen-bond donors (Lipinski definition) is 0. The summed E-state index contributed by atoms with van der Waals surface area (Å²) in [6.07, 6.45) is 2.38. The SMILES string of the molecule is CC[C@H](C)C(=O)/C(C#N)=C/c1ccccc1OC(C)C. The number of Topliss-reactive ketones (excluding diaryl/α,β-unsaturated/α-hetero) is 1. The monoisotopic (exact) mass is 271 g/mol. The van der Waals surface area contributed by atoms with Gasteiger partial charge in [-0.1, -0.05) is 32.0 Å². The van der Waals surface area contributed by atoms with E-state index in [-0.39, 0.29) is 23.4 Å². The molecule has 0 N–H and O–H groups in total. The van der Waals surface area contributed by atoms with Gasteiger partial charge in [-0.05, 0) is 32.4 Å². The Kier molecular flexibility index (Phi) is 5.99. The fourth-order valence-corrected chi connectivity index (χ4v) is 1.73. The highest BCUT2D eigenvalue weighted by Crippen LogP contribution is 2.23. The first-order valence-corrected chi connectivity index (χ1v) is 6.91. The second-order valence-corrected chi connectivity index (χ2v) is 5.05. The van der Waals surface area contributed by atoms with Crippen molar-refractivity contribution < 1.29 is 9.53 Å². The minimum absolute atomic E-state index is 0.0420. The van der Waals surface area contributed by atoms with Crippen LogP contribution in [0.5, 0.6) is 5.75 Å². The van der Waals surface area contributed by atoms with E-state index >= 15 is 0 Å². The molecule has 20 heavy (non-hydrogen) atoms. The van der Waals surface area contributed by atoms with Crippen LogP contribution >= 0.6 is 0 Å². The summed E-state index contributed by atoms with van der Waals surface area (Å²) in [5.74, 6) is 0.431. The maximum Gasteiger partial charge on any atom is 0.176 e. The lowest BCUT2D eigenvalue weighted by molar-refractivity contribution is -0.118. The van der Waals surface area contributed by atoms with Crippen molar-refractivity contribution in [3.8, 4) is 11.8 Å². The highest BCUT2D eigenvalue weighted by Gasteiger charge is 2.16. The number of ketones is 1. The number of nitrogens with zero attached hydrogens (tertiary/aromatic N) is 1. The van der Waals surface area contributed by atoms with Crippen LogP contribution in [0.3, 0.4) is 0 Å². The molecule has 1 aromatic carbocycles. The third-order valence-electron chi connectivity index (χ3n) is 3.03. The lowest BCUT2D eigenvalue weighted by atomic mass is 9.96. The summed E-state index contributed by atoms with van der Waals surface area (Å²) in [6.45, 7) is 7.66. The molecule has 1 aromatic rings. The summed E-state index contributed by atoms with van der Waals surface area (Å²) >= 11 is 0. The molecule has 3 heteroatoms. The van der Waals surface area contributed by atoms with Crippen molar-refractivity contribution >= 4 is 11.9 Å². The van der Waals surface area contributed by atoms with E-state index in [2.05, 4.69) is 0 Å². The van der Waals surface area contributed by atoms with Crippen LogP contribution in [0.4, 0.5) is 0 Å². The van der Waals surface area contributed by atoms with Crippen LogP contribution < -0.4 is 4.74 Å². The van der Waals surface area contributed by atoms with Crippen molar-refractivity contribution in [1.29, 1.82) is 5.26 Å². The highest BCUT2D eigenvalue weighted by molar-refractivity contribution is 6.04. The topological polar surface area (TPSA) is 50.1 Å². The molecule has 0 aliphatic carbocycles. The number of allylic oxidation sites excluding steroid dienone is 1. The zero-order valence-electron chi connectivity index (χ0n) is 12.5. The van der Waals surface area contributed by atoms with Crippen molar-refractivity contribution in [1.82, 2.24) is 0 Å². The molecule has 0 amide bonds. The van der Waals surface area contributed by atoms with Gasteiger partial charge in [-0.3, -0.25) is 4.79 Å². The molecular formula is C17H21NO2. The average molecular weight is 271 g/mol. The normalized spacial score (nSPS) is 12.9. The Bertz CT molecular complexity index is 538. The summed E-state index contributed by atoms with van der Waals surface area (Å²) in [4.78, 5) is 12.1. The summed E-state index contributed by atoms with van der Waals surface area (Å²) in [7, 11) is 0. The zero-order valence-corrected chi connectivity index (χ0v) is 12.5. The number of rotatable bonds is 6. The third kappa shape index (κ3) is 4.24. The van der Waals surface area contributed by atoms with Crippen LogP contribution in [-0.2, 0) is 4.79 Å². The van der Waals surface area contributed by atoms with Gasteiger partial charge in [0.25, 0.3) is 0 Å². The fourth-order valence-electron chi connectivity index (χ4n) is 1.73. The first-order chi connectivity index (χ1) is 9.49. The second-order valence-electron chi connectivity index (χ2n) is 5.05. The van der Waals surface area contributed by atoms with E-state index in [4.69, 9.17) is 4.74 Å². The van der Waals surface area contributed by atoms with Gasteiger partial charge in [0.05, 0.1) is 11.7 Å². The molecule has 3 nitrogen and oxygen atoms in total. The Morgan fingerprint density at radius 2 is 2.00 bits per heavy atom. The molecule has 1 atom stereocenters. The first kappa shape index (κ1) is 16.0. The Morgan fingerprint density at radius 1 is 1.35 bits per heavy atom. The van der Waals surface area contributed by atoms with Crippen LogP contribution in [-0.4, -0.2) is 11.9 Å². The number of carbonyl (C=O) groups is 1. The van der Waals surface area contributed by atoms with Gasteiger partial charge in [0.2, 0.25) is 0 Å². The largest absolute Gasteiger partial charge is 0.490 e. The molecule has 0 spiro atoms. The van der Waals surface area contributed by atoms with Gasteiger partial charge in [0, 0.05) is 11.5 Å². The average Bonchev–Trinajstić information content (AvgIpc) is 2.44. The van der Waals surface area contributed by atoms with Crippen molar-refractivity contribution in [2.24, 2.45) is 5.92 Å². The Labute approximate surface area is 120 Å². The van der Waals surface area contributed by atoms with Crippen LogP contribution in [0.2, 0.25) is 0 Å². The highest BCUT2D eigenvalue weighted by atomic mass is 16.5. The molecule has 0 bridgehead atoms. The summed E-state index contributed by atoms with van der Waals surface area (Å²) in [5.41, 5.74) is 0.938. The number of benzene rings is 1. The Balaban J connectivity index is 3.14. The summed E-state index contributed by atoms with van der Waals surface area (Å²) in [5, 5.41) is 9.20. The van der Waals surface area contributed by atoms with Gasteiger partial charge in [0.15, 0.2) is 5.78 Å². The van der Waals surface area contributed by atoms with Crippen molar-refractivity contribution in [3.63, 3.8) is 0 Å². The van der Waals surface area contributed by atoms with Crippen molar-refractivity contribution in [3.05, 3.63) is 35.4 Å². The Hall–Kier alpha value is -2.08. The fraction of sp³-hybridized carbons (Fsp3) is 0.412. The standard InChI is InChI=1S/C17H21NO2/c1-5-13(4)17(19)15(11-18)10-14-8-6-7-9-16(14)20-12(2)3/h6-10,12-13H,5H2,1-4H3/b15-10+/t13-/m0/s1. The minimum Gasteiger partial charge on any atom is -0.490 e. The first-order valence-electron chi connectivity index (χ1n) is 6.91. The van der Waals surface area contributed by atoms with E-state index in [0.29, 0.717) is 5.75 Å². The van der Waals surface area contributed by atoms with Crippen LogP contribution in [0.25, 0.3) is 6.08 Å². The predicted molar refractivity (Wildman–Crippen MR) is 80.3 cm³/mol. The van der Waals surface area contributed by atoms with Crippen LogP contribution in [0.15, 0.2) is 29.8 Å². The van der Waals surface area contributed by atoms with Gasteiger partial charge in [-0.25, -0.2) is 0 Å². The van der Waals surface area contributed by atoms with E-state index in [1.165, 1.54) is 0 Å². The molecule has 0 heterocycles. The lowest BCUT2D eigenvalue weighted by Gasteiger charge is -2.12. The minimum atomic E-state index is -0.140. The smallest absolute Gasteiger partial charge is 0.176 e. The molecular weight excluding hydrogens is 250 g/mol. The van der Waals surface area contributed by atoms with Crippen molar-refractivity contribution in [2.45, 2.75) is 40.2 Å². The number of hydrogen-bond acceptors (Lipinski definition) is 3. The number of para-hydroxylation sites is 1. The van der Waals surface area contributed by atoms with Gasteiger partial charge in [-0.2, -0.15) is 5.26 Å². The number of carbonyl (C=O) groups excluding carboxylic acids is 1. The van der Waals surface area contributed by atoms with E-state index in [1.54, 1.807) is 6.08 Å². The maximum absolute atomic E-state index is 12.1. The molecule has 0 aromatic heterocycles. The van der Waals surface area contributed by atoms with Gasteiger partial charge in [-0.15, -0.1) is 0 Å². The van der Waals surface area contributed by atoms with Gasteiger partial charge >= 0.3 is 0 Å². The van der Waals surface area contributed by atoms with Gasteiger partial charge in [0.1, 0.15) is 11.8 Å². The van der Waals surface area contributed by atoms with E-state index < -0.39 is 0 Å². The maximum atomic E-state index is 12.1.